The molecule has 2 aliphatic heterocycles. The number of benzene rings is 1. The molecule has 3 aliphatic rings. The largest absolute Gasteiger partial charge is 0.379 e. The van der Waals surface area contributed by atoms with Crippen LogP contribution in [0.3, 0.4) is 0 Å². The van der Waals surface area contributed by atoms with E-state index in [1.165, 1.54) is 35.8 Å². The summed E-state index contributed by atoms with van der Waals surface area (Å²) in [5.41, 5.74) is 1.70. The Labute approximate surface area is 171 Å². The zero-order chi connectivity index (χ0) is 18.7. The third-order valence-corrected chi connectivity index (χ3v) is 6.99. The molecule has 0 aromatic heterocycles. The van der Waals surface area contributed by atoms with E-state index in [0.29, 0.717) is 0 Å². The average molecular weight is 435 g/mol. The average Bonchev–Trinajstić information content (AvgIpc) is 3.34. The predicted molar refractivity (Wildman–Crippen MR) is 113 cm³/mol. The Morgan fingerprint density at radius 3 is 2.74 bits per heavy atom. The van der Waals surface area contributed by atoms with Crippen LogP contribution in [0, 0.1) is 5.92 Å². The van der Waals surface area contributed by atoms with Crippen LogP contribution in [0.25, 0.3) is 0 Å². The van der Waals surface area contributed by atoms with E-state index < -0.39 is 0 Å². The summed E-state index contributed by atoms with van der Waals surface area (Å²) < 4.78 is 6.70. The van der Waals surface area contributed by atoms with E-state index in [0.717, 1.165) is 57.8 Å². The first-order chi connectivity index (χ1) is 13.2. The van der Waals surface area contributed by atoms with Crippen molar-refractivity contribution in [2.24, 2.45) is 10.9 Å². The van der Waals surface area contributed by atoms with E-state index >= 15 is 0 Å². The smallest absolute Gasteiger partial charge is 0.193 e. The Balaban J connectivity index is 1.30. The van der Waals surface area contributed by atoms with Crippen molar-refractivity contribution in [3.63, 3.8) is 0 Å². The fourth-order valence-electron chi connectivity index (χ4n) is 4.49. The Morgan fingerprint density at radius 1 is 1.26 bits per heavy atom. The number of nitrogens with one attached hydrogen (secondary N) is 1. The van der Waals surface area contributed by atoms with Gasteiger partial charge in [-0.05, 0) is 36.8 Å². The topological polar surface area (TPSA) is 40.1 Å². The molecule has 27 heavy (non-hydrogen) atoms. The quantitative estimate of drug-likeness (QED) is 0.571. The van der Waals surface area contributed by atoms with E-state index in [1.807, 2.05) is 7.05 Å². The van der Waals surface area contributed by atoms with E-state index in [1.54, 1.807) is 0 Å². The Morgan fingerprint density at radius 2 is 2.04 bits per heavy atom. The molecule has 0 spiro atoms. The first-order valence-corrected chi connectivity index (χ1v) is 11.0. The van der Waals surface area contributed by atoms with Gasteiger partial charge in [-0.2, -0.15) is 0 Å². The van der Waals surface area contributed by atoms with Crippen molar-refractivity contribution >= 4 is 21.9 Å². The lowest BCUT2D eigenvalue weighted by molar-refractivity contribution is 0.0315. The fraction of sp³-hybridized carbons (Fsp3) is 0.667. The molecule has 6 heteroatoms. The number of rotatable bonds is 5. The van der Waals surface area contributed by atoms with Crippen LogP contribution in [0.5, 0.6) is 0 Å². The maximum atomic E-state index is 5.47. The number of aliphatic imine (C=N–C) groups is 1. The molecule has 148 valence electrons. The van der Waals surface area contributed by atoms with Gasteiger partial charge in [-0.15, -0.1) is 0 Å². The number of ether oxygens (including phenoxy) is 1. The molecular weight excluding hydrogens is 404 g/mol. The normalized spacial score (nSPS) is 25.6. The third-order valence-electron chi connectivity index (χ3n) is 6.30. The molecule has 4 rings (SSSR count). The number of morpholine rings is 1. The monoisotopic (exact) mass is 434 g/mol. The second-order valence-electron chi connectivity index (χ2n) is 8.17. The van der Waals surface area contributed by atoms with Crippen LogP contribution in [-0.2, 0) is 10.2 Å². The number of likely N-dealkylation sites (tertiary alicyclic amines) is 1. The molecule has 1 aromatic carbocycles. The van der Waals surface area contributed by atoms with Gasteiger partial charge >= 0.3 is 0 Å². The molecule has 1 aliphatic carbocycles. The van der Waals surface area contributed by atoms with E-state index in [4.69, 9.17) is 4.74 Å². The van der Waals surface area contributed by atoms with Gasteiger partial charge in [-0.25, -0.2) is 0 Å². The van der Waals surface area contributed by atoms with Crippen molar-refractivity contribution in [2.75, 3.05) is 59.5 Å². The standard InChI is InChI=1S/C21H31BrN4O/c1-23-20(24-16-21(7-8-21)18-4-2-3-5-19(18)22)26-9-6-17(15-26)14-25-10-12-27-13-11-25/h2-5,17H,6-16H2,1H3,(H,23,24). The molecule has 1 N–H and O–H groups in total. The van der Waals surface area contributed by atoms with E-state index in [-0.39, 0.29) is 5.41 Å². The summed E-state index contributed by atoms with van der Waals surface area (Å²) >= 11 is 3.74. The van der Waals surface area contributed by atoms with Gasteiger partial charge < -0.3 is 15.0 Å². The lowest BCUT2D eigenvalue weighted by Crippen LogP contribution is -2.44. The molecule has 1 saturated carbocycles. The second kappa shape index (κ2) is 8.50. The van der Waals surface area contributed by atoms with Gasteiger partial charge in [0.05, 0.1) is 13.2 Å². The van der Waals surface area contributed by atoms with Gasteiger partial charge in [0.1, 0.15) is 0 Å². The lowest BCUT2D eigenvalue weighted by Gasteiger charge is -2.29. The fourth-order valence-corrected chi connectivity index (χ4v) is 5.19. The van der Waals surface area contributed by atoms with Gasteiger partial charge in [0, 0.05) is 56.2 Å². The van der Waals surface area contributed by atoms with Crippen LogP contribution in [0.1, 0.15) is 24.8 Å². The minimum atomic E-state index is 0.267. The molecule has 2 heterocycles. The first kappa shape index (κ1) is 19.2. The van der Waals surface area contributed by atoms with Crippen molar-refractivity contribution in [3.8, 4) is 0 Å². The molecule has 0 amide bonds. The molecule has 0 bridgehead atoms. The van der Waals surface area contributed by atoms with E-state index in [2.05, 4.69) is 60.3 Å². The molecule has 3 fully saturated rings. The van der Waals surface area contributed by atoms with Crippen LogP contribution in [0.2, 0.25) is 0 Å². The summed E-state index contributed by atoms with van der Waals surface area (Å²) in [5, 5.41) is 3.69. The summed E-state index contributed by atoms with van der Waals surface area (Å²) in [6.45, 7) is 8.31. The first-order valence-electron chi connectivity index (χ1n) is 10.2. The Bertz CT molecular complexity index is 670. The summed E-state index contributed by atoms with van der Waals surface area (Å²) in [4.78, 5) is 9.59. The number of hydrogen-bond donors (Lipinski definition) is 1. The molecule has 1 unspecified atom stereocenters. The van der Waals surface area contributed by atoms with Crippen molar-refractivity contribution in [1.82, 2.24) is 15.1 Å². The minimum Gasteiger partial charge on any atom is -0.379 e. The maximum absolute atomic E-state index is 5.47. The lowest BCUT2D eigenvalue weighted by atomic mass is 9.96. The van der Waals surface area contributed by atoms with Gasteiger partial charge in [-0.1, -0.05) is 34.1 Å². The molecule has 1 aromatic rings. The number of hydrogen-bond acceptors (Lipinski definition) is 3. The summed E-state index contributed by atoms with van der Waals surface area (Å²) in [6.07, 6.45) is 3.76. The van der Waals surface area contributed by atoms with Gasteiger partial charge in [-0.3, -0.25) is 9.89 Å². The summed E-state index contributed by atoms with van der Waals surface area (Å²) in [7, 11) is 1.91. The van der Waals surface area contributed by atoms with E-state index in [9.17, 15) is 0 Å². The number of nitrogens with zero attached hydrogens (tertiary/aromatic N) is 3. The van der Waals surface area contributed by atoms with Crippen molar-refractivity contribution in [2.45, 2.75) is 24.7 Å². The molecule has 2 saturated heterocycles. The zero-order valence-electron chi connectivity index (χ0n) is 16.3. The minimum absolute atomic E-state index is 0.267. The van der Waals surface area contributed by atoms with Gasteiger partial charge in [0.25, 0.3) is 0 Å². The highest BCUT2D eigenvalue weighted by Crippen LogP contribution is 2.49. The predicted octanol–water partition coefficient (Wildman–Crippen LogP) is 2.71. The molecule has 1 atom stereocenters. The van der Waals surface area contributed by atoms with Gasteiger partial charge in [0.15, 0.2) is 5.96 Å². The number of guanidine groups is 1. The van der Waals surface area contributed by atoms with Crippen molar-refractivity contribution in [3.05, 3.63) is 34.3 Å². The second-order valence-corrected chi connectivity index (χ2v) is 9.03. The maximum Gasteiger partial charge on any atom is 0.193 e. The highest BCUT2D eigenvalue weighted by Gasteiger charge is 2.45. The van der Waals surface area contributed by atoms with Crippen molar-refractivity contribution < 1.29 is 4.74 Å². The molecule has 5 nitrogen and oxygen atoms in total. The molecular formula is C21H31BrN4O. The zero-order valence-corrected chi connectivity index (χ0v) is 17.9. The SMILES string of the molecule is CN=C(NCC1(c2ccccc2Br)CC1)N1CCC(CN2CCOCC2)C1. The van der Waals surface area contributed by atoms with Crippen LogP contribution in [-0.4, -0.2) is 75.3 Å². The van der Waals surface area contributed by atoms with Crippen LogP contribution in [0.15, 0.2) is 33.7 Å². The van der Waals surface area contributed by atoms with Crippen LogP contribution >= 0.6 is 15.9 Å². The van der Waals surface area contributed by atoms with Gasteiger partial charge in [0.2, 0.25) is 0 Å². The molecule has 0 radical (unpaired) electrons. The number of halogens is 1. The van der Waals surface area contributed by atoms with Crippen LogP contribution in [0.4, 0.5) is 0 Å². The Hall–Kier alpha value is -1.11. The highest BCUT2D eigenvalue weighted by atomic mass is 79.9. The summed E-state index contributed by atoms with van der Waals surface area (Å²) in [6, 6.07) is 8.65. The summed E-state index contributed by atoms with van der Waals surface area (Å²) in [5.74, 6) is 1.80. The third kappa shape index (κ3) is 4.49. The highest BCUT2D eigenvalue weighted by molar-refractivity contribution is 9.10. The van der Waals surface area contributed by atoms with Crippen LogP contribution < -0.4 is 5.32 Å². The Kier molecular flexibility index (Phi) is 6.05. The van der Waals surface area contributed by atoms with Crippen molar-refractivity contribution in [1.29, 1.82) is 0 Å².